The lowest BCUT2D eigenvalue weighted by Gasteiger charge is -2.23. The topological polar surface area (TPSA) is 71.2 Å². The molecule has 114 valence electrons. The SMILES string of the molecule is CCc1cc(NCC(C)(O)c2cc(C)oc2C)nc(C)n1. The molecule has 2 heterocycles. The second-order valence-corrected chi connectivity index (χ2v) is 5.60. The van der Waals surface area contributed by atoms with Crippen LogP contribution in [0.15, 0.2) is 16.5 Å². The van der Waals surface area contributed by atoms with Gasteiger partial charge in [-0.05, 0) is 40.2 Å². The van der Waals surface area contributed by atoms with Crippen molar-refractivity contribution < 1.29 is 9.52 Å². The van der Waals surface area contributed by atoms with Crippen molar-refractivity contribution in [2.45, 2.75) is 46.6 Å². The first-order valence-corrected chi connectivity index (χ1v) is 7.20. The molecule has 2 rings (SSSR count). The highest BCUT2D eigenvalue weighted by Crippen LogP contribution is 2.27. The van der Waals surface area contributed by atoms with Crippen LogP contribution in [0.2, 0.25) is 0 Å². The summed E-state index contributed by atoms with van der Waals surface area (Å²) in [4.78, 5) is 8.69. The van der Waals surface area contributed by atoms with E-state index >= 15 is 0 Å². The van der Waals surface area contributed by atoms with Gasteiger partial charge in [0.2, 0.25) is 0 Å². The zero-order valence-corrected chi connectivity index (χ0v) is 13.3. The number of anilines is 1. The van der Waals surface area contributed by atoms with Crippen molar-refractivity contribution in [2.24, 2.45) is 0 Å². The summed E-state index contributed by atoms with van der Waals surface area (Å²) in [6.45, 7) is 9.78. The molecular weight excluding hydrogens is 266 g/mol. The summed E-state index contributed by atoms with van der Waals surface area (Å²) in [5, 5.41) is 13.9. The van der Waals surface area contributed by atoms with Gasteiger partial charge < -0.3 is 14.8 Å². The molecule has 0 bridgehead atoms. The van der Waals surface area contributed by atoms with Crippen molar-refractivity contribution in [3.05, 3.63) is 40.7 Å². The Morgan fingerprint density at radius 1 is 1.24 bits per heavy atom. The Hall–Kier alpha value is -1.88. The van der Waals surface area contributed by atoms with E-state index in [1.807, 2.05) is 32.9 Å². The van der Waals surface area contributed by atoms with Gasteiger partial charge in [0, 0.05) is 23.9 Å². The zero-order valence-electron chi connectivity index (χ0n) is 13.3. The standard InChI is InChI=1S/C16H23N3O2/c1-6-13-8-15(19-12(4)18-13)17-9-16(5,20)14-7-10(2)21-11(14)3/h7-8,20H,6,9H2,1-5H3,(H,17,18,19). The summed E-state index contributed by atoms with van der Waals surface area (Å²) in [6, 6.07) is 3.79. The smallest absolute Gasteiger partial charge is 0.130 e. The third kappa shape index (κ3) is 3.61. The molecule has 0 spiro atoms. The largest absolute Gasteiger partial charge is 0.466 e. The Bertz CT molecular complexity index is 632. The molecule has 0 aliphatic heterocycles. The maximum atomic E-state index is 10.7. The van der Waals surface area contributed by atoms with Gasteiger partial charge in [-0.3, -0.25) is 0 Å². The fourth-order valence-corrected chi connectivity index (χ4v) is 2.42. The van der Waals surface area contributed by atoms with Crippen molar-refractivity contribution in [3.63, 3.8) is 0 Å². The lowest BCUT2D eigenvalue weighted by Crippen LogP contribution is -2.31. The normalized spacial score (nSPS) is 14.0. The Kier molecular flexibility index (Phi) is 4.32. The van der Waals surface area contributed by atoms with E-state index in [2.05, 4.69) is 22.2 Å². The van der Waals surface area contributed by atoms with Gasteiger partial charge in [-0.25, -0.2) is 9.97 Å². The van der Waals surface area contributed by atoms with Gasteiger partial charge in [0.25, 0.3) is 0 Å². The molecule has 0 fully saturated rings. The average Bonchev–Trinajstić information content (AvgIpc) is 2.76. The molecule has 0 saturated heterocycles. The molecule has 1 atom stereocenters. The highest BCUT2D eigenvalue weighted by atomic mass is 16.3. The Balaban J connectivity index is 2.15. The van der Waals surface area contributed by atoms with E-state index in [9.17, 15) is 5.11 Å². The van der Waals surface area contributed by atoms with E-state index in [0.717, 1.165) is 40.8 Å². The highest BCUT2D eigenvalue weighted by Gasteiger charge is 2.27. The van der Waals surface area contributed by atoms with Crippen LogP contribution in [0.4, 0.5) is 5.82 Å². The van der Waals surface area contributed by atoms with Crippen molar-refractivity contribution in [2.75, 3.05) is 11.9 Å². The molecule has 2 N–H and O–H groups in total. The fraction of sp³-hybridized carbons (Fsp3) is 0.500. The van der Waals surface area contributed by atoms with Gasteiger partial charge in [0.15, 0.2) is 0 Å². The monoisotopic (exact) mass is 289 g/mol. The van der Waals surface area contributed by atoms with Crippen LogP contribution in [-0.4, -0.2) is 21.6 Å². The highest BCUT2D eigenvalue weighted by molar-refractivity contribution is 5.38. The molecule has 0 aliphatic carbocycles. The van der Waals surface area contributed by atoms with E-state index < -0.39 is 5.60 Å². The minimum Gasteiger partial charge on any atom is -0.466 e. The van der Waals surface area contributed by atoms with Crippen LogP contribution in [-0.2, 0) is 12.0 Å². The van der Waals surface area contributed by atoms with E-state index in [0.29, 0.717) is 6.54 Å². The molecule has 21 heavy (non-hydrogen) atoms. The third-order valence-electron chi connectivity index (χ3n) is 3.49. The number of furan rings is 1. The van der Waals surface area contributed by atoms with Gasteiger partial charge in [0.1, 0.15) is 28.8 Å². The number of nitrogens with one attached hydrogen (secondary N) is 1. The maximum Gasteiger partial charge on any atom is 0.130 e. The van der Waals surface area contributed by atoms with E-state index in [1.165, 1.54) is 0 Å². The van der Waals surface area contributed by atoms with Crippen molar-refractivity contribution in [1.82, 2.24) is 9.97 Å². The fourth-order valence-electron chi connectivity index (χ4n) is 2.42. The number of aryl methyl sites for hydroxylation is 4. The van der Waals surface area contributed by atoms with E-state index in [4.69, 9.17) is 4.42 Å². The summed E-state index contributed by atoms with van der Waals surface area (Å²) in [5.74, 6) is 3.01. The Labute approximate surface area is 125 Å². The van der Waals surface area contributed by atoms with E-state index in [-0.39, 0.29) is 0 Å². The second-order valence-electron chi connectivity index (χ2n) is 5.60. The van der Waals surface area contributed by atoms with Crippen LogP contribution < -0.4 is 5.32 Å². The molecule has 0 aliphatic rings. The molecule has 2 aromatic rings. The lowest BCUT2D eigenvalue weighted by atomic mass is 9.96. The van der Waals surface area contributed by atoms with Gasteiger partial charge in [-0.1, -0.05) is 6.92 Å². The lowest BCUT2D eigenvalue weighted by molar-refractivity contribution is 0.0698. The number of hydrogen-bond acceptors (Lipinski definition) is 5. The number of aromatic nitrogens is 2. The van der Waals surface area contributed by atoms with Gasteiger partial charge in [-0.2, -0.15) is 0 Å². The molecule has 0 amide bonds. The predicted molar refractivity (Wildman–Crippen MR) is 82.4 cm³/mol. The van der Waals surface area contributed by atoms with Gasteiger partial charge in [0.05, 0.1) is 0 Å². The van der Waals surface area contributed by atoms with E-state index in [1.54, 1.807) is 6.92 Å². The first kappa shape index (κ1) is 15.5. The zero-order chi connectivity index (χ0) is 15.6. The van der Waals surface area contributed by atoms with Crippen LogP contribution in [0.3, 0.4) is 0 Å². The summed E-state index contributed by atoms with van der Waals surface area (Å²) in [5.41, 5.74) is 0.765. The summed E-state index contributed by atoms with van der Waals surface area (Å²) in [6.07, 6.45) is 0.856. The van der Waals surface area contributed by atoms with Crippen LogP contribution in [0, 0.1) is 20.8 Å². The van der Waals surface area contributed by atoms with Crippen molar-refractivity contribution >= 4 is 5.82 Å². The van der Waals surface area contributed by atoms with Crippen LogP contribution in [0.25, 0.3) is 0 Å². The molecule has 5 nitrogen and oxygen atoms in total. The number of nitrogens with zero attached hydrogens (tertiary/aromatic N) is 2. The van der Waals surface area contributed by atoms with Crippen LogP contribution >= 0.6 is 0 Å². The Morgan fingerprint density at radius 3 is 2.52 bits per heavy atom. The van der Waals surface area contributed by atoms with Crippen molar-refractivity contribution in [1.29, 1.82) is 0 Å². The summed E-state index contributed by atoms with van der Waals surface area (Å²) >= 11 is 0. The third-order valence-corrected chi connectivity index (χ3v) is 3.49. The number of aliphatic hydroxyl groups is 1. The first-order chi connectivity index (χ1) is 9.81. The van der Waals surface area contributed by atoms with Crippen LogP contribution in [0.5, 0.6) is 0 Å². The quantitative estimate of drug-likeness (QED) is 0.885. The van der Waals surface area contributed by atoms with Crippen LogP contribution in [0.1, 0.15) is 42.4 Å². The first-order valence-electron chi connectivity index (χ1n) is 7.20. The molecule has 5 heteroatoms. The molecule has 1 unspecified atom stereocenters. The molecule has 0 saturated carbocycles. The number of rotatable bonds is 5. The van der Waals surface area contributed by atoms with Crippen molar-refractivity contribution in [3.8, 4) is 0 Å². The molecule has 0 radical (unpaired) electrons. The predicted octanol–water partition coefficient (Wildman–Crippen LogP) is 2.88. The number of hydrogen-bond donors (Lipinski definition) is 2. The minimum atomic E-state index is -1.02. The van der Waals surface area contributed by atoms with Gasteiger partial charge in [-0.15, -0.1) is 0 Å². The Morgan fingerprint density at radius 2 is 1.95 bits per heavy atom. The summed E-state index contributed by atoms with van der Waals surface area (Å²) < 4.78 is 5.50. The average molecular weight is 289 g/mol. The second kappa shape index (κ2) is 5.85. The summed E-state index contributed by atoms with van der Waals surface area (Å²) in [7, 11) is 0. The minimum absolute atomic E-state index is 0.354. The molecule has 0 aromatic carbocycles. The molecular formula is C16H23N3O2. The molecule has 2 aromatic heterocycles. The maximum absolute atomic E-state index is 10.7. The van der Waals surface area contributed by atoms with Gasteiger partial charge >= 0.3 is 0 Å².